The van der Waals surface area contributed by atoms with Crippen molar-refractivity contribution in [1.29, 1.82) is 0 Å². The Morgan fingerprint density at radius 1 is 1.71 bits per heavy atom. The Balaban J connectivity index is 2.73. The Morgan fingerprint density at radius 3 is 2.94 bits per heavy atom. The zero-order valence-electron chi connectivity index (χ0n) is 9.43. The highest BCUT2D eigenvalue weighted by Crippen LogP contribution is 2.28. The van der Waals surface area contributed by atoms with Crippen LogP contribution in [0.3, 0.4) is 0 Å². The maximum absolute atomic E-state index is 11.5. The van der Waals surface area contributed by atoms with Crippen molar-refractivity contribution in [2.24, 2.45) is 5.73 Å². The lowest BCUT2D eigenvalue weighted by Crippen LogP contribution is -2.35. The van der Waals surface area contributed by atoms with Gasteiger partial charge in [0.1, 0.15) is 0 Å². The van der Waals surface area contributed by atoms with Crippen LogP contribution in [0.4, 0.5) is 5.69 Å². The molecule has 5 nitrogen and oxygen atoms in total. The summed E-state index contributed by atoms with van der Waals surface area (Å²) in [6.07, 6.45) is 5.22. The van der Waals surface area contributed by atoms with Gasteiger partial charge in [0.2, 0.25) is 5.91 Å². The highest BCUT2D eigenvalue weighted by molar-refractivity contribution is 5.95. The van der Waals surface area contributed by atoms with Crippen LogP contribution in [0.1, 0.15) is 6.42 Å². The maximum Gasteiger partial charge on any atom is 0.242 e. The van der Waals surface area contributed by atoms with E-state index in [1.807, 2.05) is 0 Å². The number of rotatable bonds is 4. The Kier molecular flexibility index (Phi) is 4.37. The summed E-state index contributed by atoms with van der Waals surface area (Å²) in [7, 11) is 1.44. The molecule has 0 radical (unpaired) electrons. The molecule has 0 aromatic heterocycles. The van der Waals surface area contributed by atoms with Crippen LogP contribution < -0.4 is 15.8 Å². The number of benzene rings is 1. The molecule has 4 N–H and O–H groups in total. The second kappa shape index (κ2) is 5.77. The fourth-order valence-electron chi connectivity index (χ4n) is 1.22. The van der Waals surface area contributed by atoms with E-state index in [2.05, 4.69) is 11.2 Å². The largest absolute Gasteiger partial charge is 0.504 e. The second-order valence-electron chi connectivity index (χ2n) is 3.39. The van der Waals surface area contributed by atoms with Crippen LogP contribution in [0.25, 0.3) is 0 Å². The Labute approximate surface area is 99.6 Å². The fraction of sp³-hybridized carbons (Fsp3) is 0.250. The summed E-state index contributed by atoms with van der Waals surface area (Å²) in [6, 6.07) is 3.75. The Morgan fingerprint density at radius 2 is 2.41 bits per heavy atom. The number of phenols is 1. The molecule has 1 aromatic carbocycles. The standard InChI is InChI=1S/C12H14N2O3/c1-3-4-9(13)12(16)14-8-5-6-11(17-2)10(15)7-8/h1,5-7,9,15H,4,13H2,2H3,(H,14,16). The summed E-state index contributed by atoms with van der Waals surface area (Å²) in [5.74, 6) is 2.18. The van der Waals surface area contributed by atoms with E-state index in [1.165, 1.54) is 19.2 Å². The molecule has 5 heteroatoms. The average molecular weight is 234 g/mol. The van der Waals surface area contributed by atoms with Gasteiger partial charge in [-0.25, -0.2) is 0 Å². The number of aromatic hydroxyl groups is 1. The second-order valence-corrected chi connectivity index (χ2v) is 3.39. The van der Waals surface area contributed by atoms with Gasteiger partial charge < -0.3 is 20.9 Å². The van der Waals surface area contributed by atoms with Gasteiger partial charge in [-0.2, -0.15) is 0 Å². The summed E-state index contributed by atoms with van der Waals surface area (Å²) in [5, 5.41) is 12.0. The van der Waals surface area contributed by atoms with E-state index in [4.69, 9.17) is 16.9 Å². The minimum absolute atomic E-state index is 0.0594. The van der Waals surface area contributed by atoms with E-state index in [0.29, 0.717) is 11.4 Å². The number of carbonyl (C=O) groups is 1. The summed E-state index contributed by atoms with van der Waals surface area (Å²) in [5.41, 5.74) is 5.96. The molecule has 0 aliphatic carbocycles. The van der Waals surface area contributed by atoms with Crippen LogP contribution in [0.2, 0.25) is 0 Å². The number of carbonyl (C=O) groups excluding carboxylic acids is 1. The maximum atomic E-state index is 11.5. The lowest BCUT2D eigenvalue weighted by molar-refractivity contribution is -0.117. The van der Waals surface area contributed by atoms with Gasteiger partial charge in [-0.1, -0.05) is 0 Å². The summed E-state index contributed by atoms with van der Waals surface area (Å²) >= 11 is 0. The number of nitrogens with one attached hydrogen (secondary N) is 1. The van der Waals surface area contributed by atoms with Crippen molar-refractivity contribution in [3.63, 3.8) is 0 Å². The number of phenolic OH excluding ortho intramolecular Hbond substituents is 1. The molecule has 90 valence electrons. The van der Waals surface area contributed by atoms with Crippen LogP contribution in [-0.2, 0) is 4.79 Å². The Bertz CT molecular complexity index is 452. The molecule has 0 saturated heterocycles. The molecule has 0 spiro atoms. The molecule has 0 aliphatic heterocycles. The van der Waals surface area contributed by atoms with Gasteiger partial charge in [0.15, 0.2) is 11.5 Å². The first-order valence-corrected chi connectivity index (χ1v) is 4.95. The normalized spacial score (nSPS) is 11.4. The summed E-state index contributed by atoms with van der Waals surface area (Å²) in [6.45, 7) is 0. The number of anilines is 1. The van der Waals surface area contributed by atoms with Crippen LogP contribution in [-0.4, -0.2) is 24.2 Å². The van der Waals surface area contributed by atoms with E-state index in [1.54, 1.807) is 6.07 Å². The molecule has 0 saturated carbocycles. The first-order chi connectivity index (χ1) is 8.08. The molecule has 1 amide bonds. The number of hydrogen-bond acceptors (Lipinski definition) is 4. The van der Waals surface area contributed by atoms with Crippen LogP contribution in [0.5, 0.6) is 11.5 Å². The molecule has 0 aliphatic rings. The summed E-state index contributed by atoms with van der Waals surface area (Å²) < 4.78 is 4.88. The zero-order chi connectivity index (χ0) is 12.8. The van der Waals surface area contributed by atoms with Crippen molar-refractivity contribution in [2.75, 3.05) is 12.4 Å². The molecular formula is C12H14N2O3. The van der Waals surface area contributed by atoms with Gasteiger partial charge in [0.25, 0.3) is 0 Å². The number of methoxy groups -OCH3 is 1. The lowest BCUT2D eigenvalue weighted by Gasteiger charge is -2.11. The van der Waals surface area contributed by atoms with E-state index in [9.17, 15) is 9.90 Å². The number of nitrogens with two attached hydrogens (primary N) is 1. The fourth-order valence-corrected chi connectivity index (χ4v) is 1.22. The van der Waals surface area contributed by atoms with Crippen molar-refractivity contribution in [3.05, 3.63) is 18.2 Å². The number of amides is 1. The third-order valence-corrected chi connectivity index (χ3v) is 2.12. The molecule has 1 atom stereocenters. The first-order valence-electron chi connectivity index (χ1n) is 4.95. The topological polar surface area (TPSA) is 84.6 Å². The predicted octanol–water partition coefficient (Wildman–Crippen LogP) is 0.690. The van der Waals surface area contributed by atoms with Crippen LogP contribution in [0.15, 0.2) is 18.2 Å². The van der Waals surface area contributed by atoms with E-state index >= 15 is 0 Å². The average Bonchev–Trinajstić information content (AvgIpc) is 2.29. The third kappa shape index (κ3) is 3.40. The zero-order valence-corrected chi connectivity index (χ0v) is 9.43. The van der Waals surface area contributed by atoms with Gasteiger partial charge in [0, 0.05) is 18.2 Å². The first kappa shape index (κ1) is 12.9. The lowest BCUT2D eigenvalue weighted by atomic mass is 10.2. The summed E-state index contributed by atoms with van der Waals surface area (Å²) in [4.78, 5) is 11.5. The molecule has 0 bridgehead atoms. The van der Waals surface area contributed by atoms with E-state index in [0.717, 1.165) is 0 Å². The van der Waals surface area contributed by atoms with Gasteiger partial charge in [-0.05, 0) is 12.1 Å². The minimum atomic E-state index is -0.760. The number of hydrogen-bond donors (Lipinski definition) is 3. The number of terminal acetylenes is 1. The van der Waals surface area contributed by atoms with Crippen molar-refractivity contribution >= 4 is 11.6 Å². The minimum Gasteiger partial charge on any atom is -0.504 e. The van der Waals surface area contributed by atoms with Gasteiger partial charge in [-0.15, -0.1) is 12.3 Å². The highest BCUT2D eigenvalue weighted by atomic mass is 16.5. The van der Waals surface area contributed by atoms with Gasteiger partial charge >= 0.3 is 0 Å². The van der Waals surface area contributed by atoms with Gasteiger partial charge in [0.05, 0.1) is 13.2 Å². The van der Waals surface area contributed by atoms with Crippen molar-refractivity contribution in [2.45, 2.75) is 12.5 Å². The van der Waals surface area contributed by atoms with E-state index < -0.39 is 11.9 Å². The highest BCUT2D eigenvalue weighted by Gasteiger charge is 2.12. The van der Waals surface area contributed by atoms with Crippen molar-refractivity contribution in [3.8, 4) is 23.8 Å². The van der Waals surface area contributed by atoms with E-state index in [-0.39, 0.29) is 12.2 Å². The van der Waals surface area contributed by atoms with Crippen molar-refractivity contribution in [1.82, 2.24) is 0 Å². The molecule has 17 heavy (non-hydrogen) atoms. The third-order valence-electron chi connectivity index (χ3n) is 2.12. The van der Waals surface area contributed by atoms with Gasteiger partial charge in [-0.3, -0.25) is 4.79 Å². The monoisotopic (exact) mass is 234 g/mol. The smallest absolute Gasteiger partial charge is 0.242 e. The molecule has 0 heterocycles. The molecular weight excluding hydrogens is 220 g/mol. The predicted molar refractivity (Wildman–Crippen MR) is 64.7 cm³/mol. The van der Waals surface area contributed by atoms with Crippen LogP contribution in [0, 0.1) is 12.3 Å². The van der Waals surface area contributed by atoms with Crippen molar-refractivity contribution < 1.29 is 14.6 Å². The Hall–Kier alpha value is -2.19. The molecule has 1 rings (SSSR count). The van der Waals surface area contributed by atoms with Crippen LogP contribution >= 0.6 is 0 Å². The SMILES string of the molecule is C#CCC(N)C(=O)Nc1ccc(OC)c(O)c1. The molecule has 1 unspecified atom stereocenters. The molecule has 0 fully saturated rings. The quantitative estimate of drug-likeness (QED) is 0.669. The molecule has 1 aromatic rings. The number of ether oxygens (including phenoxy) is 1.